The molecule has 0 saturated carbocycles. The van der Waals surface area contributed by atoms with Crippen molar-refractivity contribution >= 4 is 44.2 Å². The maximum atomic E-state index is 12.5. The minimum absolute atomic E-state index is 0.0283. The van der Waals surface area contributed by atoms with Gasteiger partial charge in [-0.15, -0.1) is 11.3 Å². The molecule has 4 heterocycles. The van der Waals surface area contributed by atoms with Crippen molar-refractivity contribution in [2.45, 2.75) is 0 Å². The lowest BCUT2D eigenvalue weighted by molar-refractivity contribution is 0.0832. The summed E-state index contributed by atoms with van der Waals surface area (Å²) in [6, 6.07) is 7.86. The molecule has 1 saturated heterocycles. The van der Waals surface area contributed by atoms with Crippen molar-refractivity contribution in [3.05, 3.63) is 35.3 Å². The molecule has 0 spiro atoms. The van der Waals surface area contributed by atoms with Crippen LogP contribution < -0.4 is 4.90 Å². The normalized spacial score (nSPS) is 14.6. The molecule has 1 amide bonds. The number of amides is 1. The Morgan fingerprint density at radius 2 is 2.03 bits per heavy atom. The first-order chi connectivity index (χ1) is 14.1. The summed E-state index contributed by atoms with van der Waals surface area (Å²) in [5.41, 5.74) is 1.86. The summed E-state index contributed by atoms with van der Waals surface area (Å²) >= 11 is 1.40. The topological polar surface area (TPSA) is 87.2 Å². The third kappa shape index (κ3) is 3.12. The molecule has 148 valence electrons. The third-order valence-corrected chi connectivity index (χ3v) is 6.04. The molecule has 4 aromatic rings. The van der Waals surface area contributed by atoms with E-state index in [0.29, 0.717) is 23.9 Å². The first-order valence-corrected chi connectivity index (χ1v) is 10.2. The minimum atomic E-state index is -0.0283. The fraction of sp³-hybridized carbons (Fsp3) is 0.300. The largest absolute Gasteiger partial charge is 0.378 e. The molecule has 5 rings (SSSR count). The van der Waals surface area contributed by atoms with Crippen molar-refractivity contribution in [1.82, 2.24) is 25.1 Å². The summed E-state index contributed by atoms with van der Waals surface area (Å²) in [4.78, 5) is 27.6. The van der Waals surface area contributed by atoms with Crippen LogP contribution in [-0.2, 0) is 4.74 Å². The number of rotatable bonds is 3. The molecule has 0 aliphatic carbocycles. The Hall–Kier alpha value is -3.04. The molecule has 1 N–H and O–H groups in total. The second-order valence-electron chi connectivity index (χ2n) is 7.14. The van der Waals surface area contributed by atoms with Crippen molar-refractivity contribution in [2.75, 3.05) is 45.3 Å². The number of carbonyl (C=O) groups is 1. The maximum absolute atomic E-state index is 12.5. The Kier molecular flexibility index (Phi) is 4.40. The second kappa shape index (κ2) is 7.09. The number of carbonyl (C=O) groups excluding carboxylic acids is 1. The van der Waals surface area contributed by atoms with Gasteiger partial charge in [0.25, 0.3) is 5.91 Å². The van der Waals surface area contributed by atoms with Crippen LogP contribution in [0.4, 0.5) is 5.82 Å². The van der Waals surface area contributed by atoms with Gasteiger partial charge in [-0.25, -0.2) is 9.97 Å². The van der Waals surface area contributed by atoms with Gasteiger partial charge in [0.1, 0.15) is 10.6 Å². The van der Waals surface area contributed by atoms with Gasteiger partial charge in [-0.2, -0.15) is 5.10 Å². The van der Waals surface area contributed by atoms with E-state index in [-0.39, 0.29) is 5.91 Å². The van der Waals surface area contributed by atoms with Crippen LogP contribution in [0, 0.1) is 0 Å². The Labute approximate surface area is 171 Å². The van der Waals surface area contributed by atoms with Crippen LogP contribution in [0.5, 0.6) is 0 Å². The summed E-state index contributed by atoms with van der Waals surface area (Å²) in [5.74, 6) is 1.46. The predicted octanol–water partition coefficient (Wildman–Crippen LogP) is 2.77. The zero-order valence-corrected chi connectivity index (χ0v) is 17.0. The lowest BCUT2D eigenvalue weighted by Gasteiger charge is -2.28. The Morgan fingerprint density at radius 3 is 2.83 bits per heavy atom. The van der Waals surface area contributed by atoms with E-state index in [4.69, 9.17) is 14.7 Å². The average molecular weight is 408 g/mol. The van der Waals surface area contributed by atoms with Gasteiger partial charge in [0.15, 0.2) is 5.82 Å². The number of aromatic amines is 1. The fourth-order valence-corrected chi connectivity index (χ4v) is 4.58. The van der Waals surface area contributed by atoms with Gasteiger partial charge in [-0.3, -0.25) is 9.89 Å². The second-order valence-corrected chi connectivity index (χ2v) is 8.17. The summed E-state index contributed by atoms with van der Waals surface area (Å²) in [6.45, 7) is 2.83. The molecule has 0 unspecified atom stereocenters. The molecule has 1 aliphatic heterocycles. The molecular weight excluding hydrogens is 388 g/mol. The molecule has 0 bridgehead atoms. The van der Waals surface area contributed by atoms with Crippen LogP contribution in [0.25, 0.3) is 32.5 Å². The number of aromatic nitrogens is 4. The molecule has 8 nitrogen and oxygen atoms in total. The van der Waals surface area contributed by atoms with E-state index in [1.807, 2.05) is 24.3 Å². The van der Waals surface area contributed by atoms with Gasteiger partial charge in [0, 0.05) is 38.1 Å². The standard InChI is InChI=1S/C20H20N6O2S/c1-25(2)20(27)16-10-13-18(26-6-8-28-9-7-26)22-17(23-19(13)29-16)12-4-3-5-15-14(12)11-21-24-15/h3-5,10-11H,6-9H2,1-2H3,(H,21,24). The van der Waals surface area contributed by atoms with E-state index in [1.165, 1.54) is 11.3 Å². The molecule has 1 aromatic carbocycles. The molecule has 0 atom stereocenters. The SMILES string of the molecule is CN(C)C(=O)c1cc2c(N3CCOCC3)nc(-c3cccc4[nH]ncc34)nc2s1. The van der Waals surface area contributed by atoms with Gasteiger partial charge in [0.05, 0.1) is 35.2 Å². The first-order valence-electron chi connectivity index (χ1n) is 9.40. The number of ether oxygens (including phenoxy) is 1. The van der Waals surface area contributed by atoms with Crippen molar-refractivity contribution in [3.8, 4) is 11.4 Å². The van der Waals surface area contributed by atoms with Crippen LogP contribution in [0.2, 0.25) is 0 Å². The summed E-state index contributed by atoms with van der Waals surface area (Å²) in [5, 5.41) is 9.03. The van der Waals surface area contributed by atoms with Crippen molar-refractivity contribution in [3.63, 3.8) is 0 Å². The smallest absolute Gasteiger partial charge is 0.263 e. The maximum Gasteiger partial charge on any atom is 0.263 e. The molecule has 1 fully saturated rings. The highest BCUT2D eigenvalue weighted by molar-refractivity contribution is 7.20. The number of nitrogens with zero attached hydrogens (tertiary/aromatic N) is 5. The van der Waals surface area contributed by atoms with Gasteiger partial charge >= 0.3 is 0 Å². The van der Waals surface area contributed by atoms with Crippen LogP contribution in [0.1, 0.15) is 9.67 Å². The zero-order valence-electron chi connectivity index (χ0n) is 16.2. The van der Waals surface area contributed by atoms with E-state index in [9.17, 15) is 4.79 Å². The number of benzene rings is 1. The van der Waals surface area contributed by atoms with E-state index in [2.05, 4.69) is 15.1 Å². The van der Waals surface area contributed by atoms with Crippen LogP contribution in [0.3, 0.4) is 0 Å². The van der Waals surface area contributed by atoms with Gasteiger partial charge in [-0.05, 0) is 12.1 Å². The molecule has 1 aliphatic rings. The highest BCUT2D eigenvalue weighted by Gasteiger charge is 2.22. The molecule has 9 heteroatoms. The Bertz CT molecular complexity index is 1210. The van der Waals surface area contributed by atoms with Crippen molar-refractivity contribution < 1.29 is 9.53 Å². The minimum Gasteiger partial charge on any atom is -0.378 e. The lowest BCUT2D eigenvalue weighted by atomic mass is 10.1. The molecule has 29 heavy (non-hydrogen) atoms. The summed E-state index contributed by atoms with van der Waals surface area (Å²) in [6.07, 6.45) is 1.79. The number of nitrogens with one attached hydrogen (secondary N) is 1. The van der Waals surface area contributed by atoms with Gasteiger partial charge in [-0.1, -0.05) is 12.1 Å². The van der Waals surface area contributed by atoms with Crippen LogP contribution >= 0.6 is 11.3 Å². The summed E-state index contributed by atoms with van der Waals surface area (Å²) in [7, 11) is 3.51. The average Bonchev–Trinajstić information content (AvgIpc) is 3.39. The van der Waals surface area contributed by atoms with Crippen molar-refractivity contribution in [2.24, 2.45) is 0 Å². The number of morpholine rings is 1. The zero-order chi connectivity index (χ0) is 20.0. The van der Waals surface area contributed by atoms with E-state index >= 15 is 0 Å². The number of hydrogen-bond donors (Lipinski definition) is 1. The highest BCUT2D eigenvalue weighted by atomic mass is 32.1. The predicted molar refractivity (Wildman–Crippen MR) is 114 cm³/mol. The number of anilines is 1. The molecular formula is C20H20N6O2S. The number of thiophene rings is 1. The third-order valence-electron chi connectivity index (χ3n) is 5.03. The van der Waals surface area contributed by atoms with E-state index < -0.39 is 0 Å². The van der Waals surface area contributed by atoms with Crippen molar-refractivity contribution in [1.29, 1.82) is 0 Å². The van der Waals surface area contributed by atoms with Crippen LogP contribution in [0.15, 0.2) is 30.5 Å². The Morgan fingerprint density at radius 1 is 1.21 bits per heavy atom. The van der Waals surface area contributed by atoms with Gasteiger partial charge in [0.2, 0.25) is 0 Å². The first kappa shape index (κ1) is 18.0. The molecule has 3 aromatic heterocycles. The quantitative estimate of drug-likeness (QED) is 0.561. The number of H-pyrrole nitrogens is 1. The Balaban J connectivity index is 1.73. The number of hydrogen-bond acceptors (Lipinski definition) is 7. The summed E-state index contributed by atoms with van der Waals surface area (Å²) < 4.78 is 5.51. The van der Waals surface area contributed by atoms with Gasteiger partial charge < -0.3 is 14.5 Å². The van der Waals surface area contributed by atoms with E-state index in [0.717, 1.165) is 45.6 Å². The monoisotopic (exact) mass is 408 g/mol. The van der Waals surface area contributed by atoms with E-state index in [1.54, 1.807) is 25.2 Å². The number of fused-ring (bicyclic) bond motifs is 2. The highest BCUT2D eigenvalue weighted by Crippen LogP contribution is 2.35. The lowest BCUT2D eigenvalue weighted by Crippen LogP contribution is -2.37. The van der Waals surface area contributed by atoms with Crippen LogP contribution in [-0.4, -0.2) is 71.4 Å². The molecule has 0 radical (unpaired) electrons. The fourth-order valence-electron chi connectivity index (χ4n) is 3.53.